The molecule has 10 nitrogen and oxygen atoms in total. The fraction of sp³-hybridized carbons (Fsp3) is 0.269. The third kappa shape index (κ3) is 5.40. The van der Waals surface area contributed by atoms with Crippen molar-refractivity contribution in [1.29, 1.82) is 0 Å². The Labute approximate surface area is 219 Å². The van der Waals surface area contributed by atoms with Crippen LogP contribution in [0, 0.1) is 10.1 Å². The first-order chi connectivity index (χ1) is 17.9. The molecule has 0 spiro atoms. The fourth-order valence-electron chi connectivity index (χ4n) is 4.43. The summed E-state index contributed by atoms with van der Waals surface area (Å²) < 4.78 is 5.79. The summed E-state index contributed by atoms with van der Waals surface area (Å²) >= 11 is 6.46. The Kier molecular flexibility index (Phi) is 7.02. The van der Waals surface area contributed by atoms with Gasteiger partial charge < -0.3 is 19.9 Å². The molecule has 4 aromatic rings. The van der Waals surface area contributed by atoms with Crippen molar-refractivity contribution in [2.45, 2.75) is 19.1 Å². The first-order valence-electron chi connectivity index (χ1n) is 11.8. The van der Waals surface area contributed by atoms with Gasteiger partial charge in [-0.15, -0.1) is 0 Å². The van der Waals surface area contributed by atoms with Crippen molar-refractivity contribution in [3.05, 3.63) is 81.9 Å². The number of nitrogens with zero attached hydrogens (tertiary/aromatic N) is 6. The van der Waals surface area contributed by atoms with Gasteiger partial charge in [0.15, 0.2) is 0 Å². The van der Waals surface area contributed by atoms with Crippen LogP contribution in [-0.2, 0) is 6.61 Å². The van der Waals surface area contributed by atoms with Gasteiger partial charge in [-0.3, -0.25) is 15.1 Å². The molecule has 2 aromatic carbocycles. The Hall–Kier alpha value is -4.02. The van der Waals surface area contributed by atoms with E-state index in [-0.39, 0.29) is 10.6 Å². The number of pyridine rings is 1. The maximum atomic E-state index is 12.0. The Morgan fingerprint density at radius 3 is 2.76 bits per heavy atom. The smallest absolute Gasteiger partial charge is 0.293 e. The number of nitro benzene ring substituents is 1. The number of hydrogen-bond donors (Lipinski definition) is 1. The topological polar surface area (TPSA) is 110 Å². The summed E-state index contributed by atoms with van der Waals surface area (Å²) in [5.74, 6) is 0.970. The van der Waals surface area contributed by atoms with E-state index in [2.05, 4.69) is 30.1 Å². The molecular weight excluding hydrogens is 494 g/mol. The molecule has 0 saturated carbocycles. The van der Waals surface area contributed by atoms with Crippen molar-refractivity contribution >= 4 is 45.4 Å². The number of aromatic nitrogens is 3. The maximum Gasteiger partial charge on any atom is 0.293 e. The highest BCUT2D eigenvalue weighted by Crippen LogP contribution is 2.37. The maximum absolute atomic E-state index is 12.0. The molecule has 0 aliphatic carbocycles. The molecule has 0 amide bonds. The molecule has 190 valence electrons. The molecule has 1 aliphatic heterocycles. The van der Waals surface area contributed by atoms with Crippen molar-refractivity contribution in [2.24, 2.45) is 0 Å². The van der Waals surface area contributed by atoms with Crippen LogP contribution < -0.4 is 15.0 Å². The van der Waals surface area contributed by atoms with Crippen LogP contribution in [0.2, 0.25) is 5.02 Å². The summed E-state index contributed by atoms with van der Waals surface area (Å²) in [5.41, 5.74) is 2.67. The largest absolute Gasteiger partial charge is 0.486 e. The van der Waals surface area contributed by atoms with Gasteiger partial charge in [-0.25, -0.2) is 9.97 Å². The molecule has 1 aliphatic rings. The van der Waals surface area contributed by atoms with Crippen LogP contribution in [0.4, 0.5) is 22.9 Å². The molecule has 1 saturated heterocycles. The minimum Gasteiger partial charge on any atom is -0.486 e. The quantitative estimate of drug-likeness (QED) is 0.252. The highest BCUT2D eigenvalue weighted by molar-refractivity contribution is 6.32. The molecular formula is C26H26ClN7O3. The van der Waals surface area contributed by atoms with Gasteiger partial charge in [0.2, 0.25) is 0 Å². The second kappa shape index (κ2) is 10.5. The van der Waals surface area contributed by atoms with Gasteiger partial charge >= 0.3 is 0 Å². The fourth-order valence-corrected chi connectivity index (χ4v) is 4.66. The standard InChI is InChI=1S/C26H26ClN7O3/c1-32(2)19-8-10-33(14-19)23-13-22-20(12-24(23)34(35)36)26(30-16-29-22)31-17-6-7-25(21(27)11-17)37-15-18-5-3-4-9-28-18/h3-7,9,11-13,16,19H,8,10,14-15H2,1-2H3,(H,29,30,31). The number of nitrogens with one attached hydrogen (secondary N) is 1. The number of nitro groups is 1. The number of anilines is 3. The number of benzene rings is 2. The van der Waals surface area contributed by atoms with Crippen LogP contribution in [-0.4, -0.2) is 58.0 Å². The lowest BCUT2D eigenvalue weighted by molar-refractivity contribution is -0.384. The Bertz CT molecular complexity index is 1430. The van der Waals surface area contributed by atoms with Crippen LogP contribution in [0.15, 0.2) is 61.1 Å². The lowest BCUT2D eigenvalue weighted by Gasteiger charge is -2.22. The average Bonchev–Trinajstić information content (AvgIpc) is 3.39. The van der Waals surface area contributed by atoms with Gasteiger partial charge in [-0.2, -0.15) is 0 Å². The summed E-state index contributed by atoms with van der Waals surface area (Å²) in [7, 11) is 4.05. The minimum absolute atomic E-state index is 0.0288. The molecule has 1 fully saturated rings. The number of hydrogen-bond acceptors (Lipinski definition) is 9. The molecule has 1 N–H and O–H groups in total. The third-order valence-electron chi connectivity index (χ3n) is 6.46. The van der Waals surface area contributed by atoms with Crippen LogP contribution >= 0.6 is 11.6 Å². The van der Waals surface area contributed by atoms with E-state index in [9.17, 15) is 10.1 Å². The van der Waals surface area contributed by atoms with Crippen LogP contribution in [0.5, 0.6) is 5.75 Å². The van der Waals surface area contributed by atoms with E-state index in [1.807, 2.05) is 38.4 Å². The summed E-state index contributed by atoms with van der Waals surface area (Å²) in [6, 6.07) is 14.6. The zero-order valence-electron chi connectivity index (χ0n) is 20.5. The van der Waals surface area contributed by atoms with Crippen molar-refractivity contribution in [3.8, 4) is 5.75 Å². The summed E-state index contributed by atoms with van der Waals surface area (Å²) in [5, 5.41) is 16.2. The Morgan fingerprint density at radius 2 is 2.05 bits per heavy atom. The summed E-state index contributed by atoms with van der Waals surface area (Å²) in [6.45, 7) is 1.77. The zero-order chi connectivity index (χ0) is 25.9. The van der Waals surface area contributed by atoms with E-state index in [0.717, 1.165) is 25.2 Å². The number of halogens is 1. The van der Waals surface area contributed by atoms with Gasteiger partial charge in [0.1, 0.15) is 30.2 Å². The lowest BCUT2D eigenvalue weighted by atomic mass is 10.1. The lowest BCUT2D eigenvalue weighted by Crippen LogP contribution is -2.31. The molecule has 1 unspecified atom stereocenters. The van der Waals surface area contributed by atoms with Gasteiger partial charge in [0.05, 0.1) is 21.2 Å². The normalized spacial score (nSPS) is 15.4. The van der Waals surface area contributed by atoms with Crippen molar-refractivity contribution < 1.29 is 9.66 Å². The Balaban J connectivity index is 1.40. The predicted octanol–water partition coefficient (Wildman–Crippen LogP) is 5.05. The summed E-state index contributed by atoms with van der Waals surface area (Å²) in [4.78, 5) is 28.9. The van der Waals surface area contributed by atoms with E-state index in [0.29, 0.717) is 51.5 Å². The molecule has 5 rings (SSSR count). The predicted molar refractivity (Wildman–Crippen MR) is 144 cm³/mol. The number of fused-ring (bicyclic) bond motifs is 1. The first kappa shape index (κ1) is 24.7. The molecule has 2 aromatic heterocycles. The number of likely N-dealkylation sites (N-methyl/N-ethyl adjacent to an activating group) is 1. The first-order valence-corrected chi connectivity index (χ1v) is 12.2. The van der Waals surface area contributed by atoms with E-state index in [1.165, 1.54) is 6.33 Å². The third-order valence-corrected chi connectivity index (χ3v) is 6.75. The van der Waals surface area contributed by atoms with E-state index in [4.69, 9.17) is 16.3 Å². The molecule has 11 heteroatoms. The zero-order valence-corrected chi connectivity index (χ0v) is 21.2. The minimum atomic E-state index is -0.348. The highest BCUT2D eigenvalue weighted by Gasteiger charge is 2.29. The van der Waals surface area contributed by atoms with Crippen molar-refractivity contribution in [1.82, 2.24) is 19.9 Å². The molecule has 0 radical (unpaired) electrons. The second-order valence-electron chi connectivity index (χ2n) is 9.07. The van der Waals surface area contributed by atoms with E-state index in [1.54, 1.807) is 30.5 Å². The molecule has 37 heavy (non-hydrogen) atoms. The van der Waals surface area contributed by atoms with Crippen molar-refractivity contribution in [3.63, 3.8) is 0 Å². The second-order valence-corrected chi connectivity index (χ2v) is 9.48. The molecule has 0 bridgehead atoms. The highest BCUT2D eigenvalue weighted by atomic mass is 35.5. The van der Waals surface area contributed by atoms with Gasteiger partial charge in [0, 0.05) is 42.5 Å². The van der Waals surface area contributed by atoms with Gasteiger partial charge in [-0.05, 0) is 56.9 Å². The van der Waals surface area contributed by atoms with Crippen molar-refractivity contribution in [2.75, 3.05) is 37.4 Å². The number of ether oxygens (including phenoxy) is 1. The van der Waals surface area contributed by atoms with E-state index < -0.39 is 0 Å². The van der Waals surface area contributed by atoms with Gasteiger partial charge in [-0.1, -0.05) is 17.7 Å². The summed E-state index contributed by atoms with van der Waals surface area (Å²) in [6.07, 6.45) is 4.10. The van der Waals surface area contributed by atoms with Crippen LogP contribution in [0.1, 0.15) is 12.1 Å². The van der Waals surface area contributed by atoms with Gasteiger partial charge in [0.25, 0.3) is 5.69 Å². The molecule has 3 heterocycles. The number of rotatable bonds is 8. The van der Waals surface area contributed by atoms with E-state index >= 15 is 0 Å². The van der Waals surface area contributed by atoms with Crippen LogP contribution in [0.25, 0.3) is 10.9 Å². The monoisotopic (exact) mass is 519 g/mol. The van der Waals surface area contributed by atoms with Crippen LogP contribution in [0.3, 0.4) is 0 Å². The average molecular weight is 520 g/mol. The Morgan fingerprint density at radius 1 is 1.19 bits per heavy atom. The SMILES string of the molecule is CN(C)C1CCN(c2cc3ncnc(Nc4ccc(OCc5ccccn5)c(Cl)c4)c3cc2[N+](=O)[O-])C1. The molecule has 1 atom stereocenters.